The summed E-state index contributed by atoms with van der Waals surface area (Å²) in [5, 5.41) is 80.4. The Bertz CT molecular complexity index is 742. The van der Waals surface area contributed by atoms with Crippen LogP contribution in [0.1, 0.15) is 110 Å². The lowest BCUT2D eigenvalue weighted by Gasteiger charge is -2.49. The van der Waals surface area contributed by atoms with Crippen molar-refractivity contribution in [2.24, 2.45) is 0 Å². The van der Waals surface area contributed by atoms with Crippen LogP contribution in [0.5, 0.6) is 0 Å². The van der Waals surface area contributed by atoms with Gasteiger partial charge < -0.3 is 59.8 Å². The number of aliphatic hydroxyl groups is 8. The van der Waals surface area contributed by atoms with Crippen molar-refractivity contribution in [2.45, 2.75) is 171 Å². The number of esters is 1. The molecule has 0 saturated carbocycles. The smallest absolute Gasteiger partial charge is 0.308 e. The molecule has 2 aliphatic heterocycles. The molecule has 2 aliphatic rings. The fraction of sp³-hybridized carbons (Fsp3) is 0.966. The Morgan fingerprint density at radius 1 is 0.643 bits per heavy atom. The minimum absolute atomic E-state index is 0.0585. The van der Waals surface area contributed by atoms with E-state index in [1.165, 1.54) is 64.2 Å². The second-order valence-electron chi connectivity index (χ2n) is 11.6. The highest BCUT2D eigenvalue weighted by Crippen LogP contribution is 2.35. The highest BCUT2D eigenvalue weighted by molar-refractivity contribution is 5.69. The summed E-state index contributed by atoms with van der Waals surface area (Å²) in [6.45, 7) is 1.10. The molecule has 248 valence electrons. The Morgan fingerprint density at radius 2 is 1.12 bits per heavy atom. The number of hydrogen-bond donors (Lipinski definition) is 8. The third kappa shape index (κ3) is 11.2. The molecular formula is C29H54O13. The van der Waals surface area contributed by atoms with Crippen molar-refractivity contribution in [2.75, 3.05) is 6.61 Å². The van der Waals surface area contributed by atoms with Gasteiger partial charge in [-0.05, 0) is 6.42 Å². The summed E-state index contributed by atoms with van der Waals surface area (Å²) in [6.07, 6.45) is -0.299. The zero-order valence-corrected chi connectivity index (χ0v) is 24.8. The quantitative estimate of drug-likeness (QED) is 0.0704. The molecule has 0 aliphatic carbocycles. The minimum atomic E-state index is -2.51. The zero-order valence-electron chi connectivity index (χ0n) is 24.8. The van der Waals surface area contributed by atoms with Crippen LogP contribution in [0.2, 0.25) is 0 Å². The van der Waals surface area contributed by atoms with Crippen LogP contribution < -0.4 is 0 Å². The molecule has 13 nitrogen and oxygen atoms in total. The third-order valence-corrected chi connectivity index (χ3v) is 8.02. The van der Waals surface area contributed by atoms with E-state index < -0.39 is 73.9 Å². The van der Waals surface area contributed by atoms with Crippen molar-refractivity contribution in [3.63, 3.8) is 0 Å². The number of aliphatic hydroxyl groups excluding tert-OH is 8. The molecular weight excluding hydrogens is 556 g/mol. The van der Waals surface area contributed by atoms with Crippen LogP contribution in [-0.4, -0.2) is 115 Å². The van der Waals surface area contributed by atoms with Crippen molar-refractivity contribution < 1.29 is 64.6 Å². The highest BCUT2D eigenvalue weighted by atomic mass is 16.8. The van der Waals surface area contributed by atoms with Gasteiger partial charge in [-0.1, -0.05) is 96.8 Å². The number of carbonyl (C=O) groups is 1. The second-order valence-corrected chi connectivity index (χ2v) is 11.6. The fourth-order valence-electron chi connectivity index (χ4n) is 5.35. The van der Waals surface area contributed by atoms with Crippen molar-refractivity contribution in [1.29, 1.82) is 0 Å². The predicted octanol–water partition coefficient (Wildman–Crippen LogP) is 0.693. The molecule has 0 aromatic carbocycles. The van der Waals surface area contributed by atoms with Crippen LogP contribution >= 0.6 is 0 Å². The van der Waals surface area contributed by atoms with E-state index in [0.29, 0.717) is 6.42 Å². The molecule has 13 heteroatoms. The van der Waals surface area contributed by atoms with Crippen molar-refractivity contribution >= 4 is 5.97 Å². The lowest BCUT2D eigenvalue weighted by molar-refractivity contribution is -0.427. The SMILES string of the molecule is CCCCCCCCCCCCCCCCCC(=O)O[C@@]1(CO)O[C@@H](O)[C@H](O)[C@H](O)[C@@H]1O[C@@H]1O[C@H](O)[C@@H](O)[C@H](O)[C@H]1O. The Balaban J connectivity index is 1.75. The van der Waals surface area contributed by atoms with E-state index in [2.05, 4.69) is 6.92 Å². The van der Waals surface area contributed by atoms with Crippen molar-refractivity contribution in [3.8, 4) is 0 Å². The van der Waals surface area contributed by atoms with E-state index >= 15 is 0 Å². The van der Waals surface area contributed by atoms with Gasteiger partial charge in [-0.2, -0.15) is 0 Å². The van der Waals surface area contributed by atoms with Gasteiger partial charge in [0.05, 0.1) is 0 Å². The van der Waals surface area contributed by atoms with Gasteiger partial charge in [0.2, 0.25) is 0 Å². The third-order valence-electron chi connectivity index (χ3n) is 8.02. The standard InChI is InChI=1S/C29H54O13/c1-2-3-4-5-6-7-8-9-10-11-12-13-14-15-16-17-19(31)41-29(18-30)25(21(33)23(35)27(38)42-29)39-28-24(36)20(32)22(34)26(37)40-28/h20-28,30,32-38H,2-18H2,1H3/t20-,21-,22-,23+,24+,25-,26-,27+,28+,29-/m0/s1. The largest absolute Gasteiger partial charge is 0.427 e. The van der Waals surface area contributed by atoms with E-state index in [-0.39, 0.29) is 6.42 Å². The van der Waals surface area contributed by atoms with Gasteiger partial charge in [-0.15, -0.1) is 0 Å². The maximum Gasteiger partial charge on any atom is 0.308 e. The molecule has 0 spiro atoms. The molecule has 42 heavy (non-hydrogen) atoms. The van der Waals surface area contributed by atoms with Crippen LogP contribution in [0, 0.1) is 0 Å². The summed E-state index contributed by atoms with van der Waals surface area (Å²) in [6, 6.07) is 0. The lowest BCUT2D eigenvalue weighted by atomic mass is 9.95. The first-order chi connectivity index (χ1) is 20.1. The van der Waals surface area contributed by atoms with Gasteiger partial charge in [-0.3, -0.25) is 4.79 Å². The second kappa shape index (κ2) is 19.4. The average Bonchev–Trinajstić information content (AvgIpc) is 2.97. The first-order valence-corrected chi connectivity index (χ1v) is 15.7. The summed E-state index contributed by atoms with van der Waals surface area (Å²) < 4.78 is 20.9. The van der Waals surface area contributed by atoms with E-state index in [4.69, 9.17) is 18.9 Å². The van der Waals surface area contributed by atoms with Crippen LogP contribution in [0.4, 0.5) is 0 Å². The van der Waals surface area contributed by atoms with Gasteiger partial charge in [-0.25, -0.2) is 0 Å². The number of carbonyl (C=O) groups excluding carboxylic acids is 1. The summed E-state index contributed by atoms with van der Waals surface area (Å²) in [4.78, 5) is 12.7. The molecule has 2 fully saturated rings. The number of unbranched alkanes of at least 4 members (excludes halogenated alkanes) is 14. The average molecular weight is 611 g/mol. The Morgan fingerprint density at radius 3 is 1.62 bits per heavy atom. The van der Waals surface area contributed by atoms with Crippen molar-refractivity contribution in [1.82, 2.24) is 0 Å². The van der Waals surface area contributed by atoms with Gasteiger partial charge in [0.25, 0.3) is 5.79 Å². The Hall–Kier alpha value is -0.970. The van der Waals surface area contributed by atoms with Crippen LogP contribution in [-0.2, 0) is 23.7 Å². The first-order valence-electron chi connectivity index (χ1n) is 15.7. The molecule has 2 rings (SSSR count). The Kier molecular flexibility index (Phi) is 17.2. The van der Waals surface area contributed by atoms with Gasteiger partial charge >= 0.3 is 5.97 Å². The van der Waals surface area contributed by atoms with Gasteiger partial charge in [0.1, 0.15) is 37.1 Å². The maximum atomic E-state index is 12.7. The normalized spacial score (nSPS) is 35.3. The monoisotopic (exact) mass is 610 g/mol. The molecule has 0 radical (unpaired) electrons. The molecule has 0 amide bonds. The van der Waals surface area contributed by atoms with Crippen LogP contribution in [0.15, 0.2) is 0 Å². The van der Waals surface area contributed by atoms with E-state index in [1.807, 2.05) is 0 Å². The molecule has 2 saturated heterocycles. The molecule has 2 heterocycles. The number of hydrogen-bond acceptors (Lipinski definition) is 13. The summed E-state index contributed by atoms with van der Waals surface area (Å²) >= 11 is 0. The molecule has 0 aromatic rings. The molecule has 0 unspecified atom stereocenters. The zero-order chi connectivity index (χ0) is 31.1. The molecule has 0 bridgehead atoms. The first kappa shape index (κ1) is 37.2. The molecule has 10 atom stereocenters. The minimum Gasteiger partial charge on any atom is -0.427 e. The number of rotatable bonds is 20. The van der Waals surface area contributed by atoms with E-state index in [0.717, 1.165) is 25.7 Å². The topological polar surface area (TPSA) is 216 Å². The van der Waals surface area contributed by atoms with Gasteiger partial charge in [0.15, 0.2) is 25.0 Å². The summed E-state index contributed by atoms with van der Waals surface area (Å²) in [5.74, 6) is -3.34. The van der Waals surface area contributed by atoms with E-state index in [9.17, 15) is 45.6 Å². The van der Waals surface area contributed by atoms with Crippen molar-refractivity contribution in [3.05, 3.63) is 0 Å². The highest BCUT2D eigenvalue weighted by Gasteiger charge is 2.59. The number of ether oxygens (including phenoxy) is 4. The fourth-order valence-corrected chi connectivity index (χ4v) is 5.35. The summed E-state index contributed by atoms with van der Waals surface area (Å²) in [7, 11) is 0. The molecule has 8 N–H and O–H groups in total. The Labute approximate surface area is 248 Å². The van der Waals surface area contributed by atoms with E-state index in [1.54, 1.807) is 0 Å². The predicted molar refractivity (Wildman–Crippen MR) is 148 cm³/mol. The van der Waals surface area contributed by atoms with Crippen LogP contribution in [0.25, 0.3) is 0 Å². The maximum absolute atomic E-state index is 12.7. The van der Waals surface area contributed by atoms with Crippen LogP contribution in [0.3, 0.4) is 0 Å². The summed E-state index contributed by atoms with van der Waals surface area (Å²) in [5.41, 5.74) is 0. The van der Waals surface area contributed by atoms with Gasteiger partial charge in [0, 0.05) is 6.42 Å². The molecule has 0 aromatic heterocycles. The lowest BCUT2D eigenvalue weighted by Crippen LogP contribution is -2.70.